The average molecular weight is 262 g/mol. The summed E-state index contributed by atoms with van der Waals surface area (Å²) in [6.07, 6.45) is 0. The average Bonchev–Trinajstić information content (AvgIpc) is 2.32. The van der Waals surface area contributed by atoms with Crippen molar-refractivity contribution < 1.29 is 5.11 Å². The lowest BCUT2D eigenvalue weighted by Gasteiger charge is -2.04. The standard InChI is InChI=1S/C13H8ClNOS/c14-11-7-10(6-5-9(11)8-15)17-13-4-2-1-3-12(13)16/h1-7,16H. The Morgan fingerprint density at radius 3 is 2.59 bits per heavy atom. The van der Waals surface area contributed by atoms with Crippen molar-refractivity contribution in [2.45, 2.75) is 9.79 Å². The second-order valence-corrected chi connectivity index (χ2v) is 4.85. The van der Waals surface area contributed by atoms with E-state index >= 15 is 0 Å². The molecular formula is C13H8ClNOS. The Bertz CT molecular complexity index is 592. The van der Waals surface area contributed by atoms with Crippen molar-refractivity contribution in [2.75, 3.05) is 0 Å². The number of phenols is 1. The zero-order valence-electron chi connectivity index (χ0n) is 8.72. The first-order valence-electron chi connectivity index (χ1n) is 4.86. The second kappa shape index (κ2) is 5.13. The highest BCUT2D eigenvalue weighted by atomic mass is 35.5. The van der Waals surface area contributed by atoms with Gasteiger partial charge in [-0.3, -0.25) is 0 Å². The van der Waals surface area contributed by atoms with Crippen LogP contribution >= 0.6 is 23.4 Å². The number of aromatic hydroxyl groups is 1. The summed E-state index contributed by atoms with van der Waals surface area (Å²) in [5.74, 6) is 0.234. The van der Waals surface area contributed by atoms with Gasteiger partial charge in [-0.05, 0) is 30.3 Å². The zero-order valence-corrected chi connectivity index (χ0v) is 10.3. The molecule has 0 aliphatic heterocycles. The summed E-state index contributed by atoms with van der Waals surface area (Å²) in [6, 6.07) is 14.3. The first kappa shape index (κ1) is 11.8. The van der Waals surface area contributed by atoms with E-state index in [-0.39, 0.29) is 5.75 Å². The van der Waals surface area contributed by atoms with Gasteiger partial charge in [0.2, 0.25) is 0 Å². The molecule has 0 unspecified atom stereocenters. The molecule has 4 heteroatoms. The van der Waals surface area contributed by atoms with Gasteiger partial charge in [0.05, 0.1) is 15.5 Å². The lowest BCUT2D eigenvalue weighted by molar-refractivity contribution is 0.462. The van der Waals surface area contributed by atoms with Crippen LogP contribution in [0.4, 0.5) is 0 Å². The van der Waals surface area contributed by atoms with E-state index in [0.29, 0.717) is 10.6 Å². The van der Waals surface area contributed by atoms with E-state index in [1.165, 1.54) is 11.8 Å². The van der Waals surface area contributed by atoms with Gasteiger partial charge in [-0.1, -0.05) is 35.5 Å². The molecule has 1 N–H and O–H groups in total. The van der Waals surface area contributed by atoms with Crippen LogP contribution in [0, 0.1) is 11.3 Å². The Morgan fingerprint density at radius 1 is 1.18 bits per heavy atom. The molecule has 0 heterocycles. The van der Waals surface area contributed by atoms with Gasteiger partial charge >= 0.3 is 0 Å². The topological polar surface area (TPSA) is 44.0 Å². The van der Waals surface area contributed by atoms with Crippen molar-refractivity contribution >= 4 is 23.4 Å². The quantitative estimate of drug-likeness (QED) is 0.886. The van der Waals surface area contributed by atoms with Crippen molar-refractivity contribution in [3.8, 4) is 11.8 Å². The molecule has 0 aromatic heterocycles. The molecule has 0 bridgehead atoms. The highest BCUT2D eigenvalue weighted by molar-refractivity contribution is 7.99. The van der Waals surface area contributed by atoms with Crippen LogP contribution in [0.1, 0.15) is 5.56 Å². The van der Waals surface area contributed by atoms with Crippen molar-refractivity contribution in [1.82, 2.24) is 0 Å². The Hall–Kier alpha value is -1.63. The molecule has 0 amide bonds. The third kappa shape index (κ3) is 2.73. The number of phenolic OH excluding ortho intramolecular Hbond substituents is 1. The van der Waals surface area contributed by atoms with Gasteiger partial charge in [-0.2, -0.15) is 5.26 Å². The van der Waals surface area contributed by atoms with Crippen molar-refractivity contribution in [3.63, 3.8) is 0 Å². The summed E-state index contributed by atoms with van der Waals surface area (Å²) in [6.45, 7) is 0. The monoisotopic (exact) mass is 261 g/mol. The first-order chi connectivity index (χ1) is 8.20. The molecule has 0 atom stereocenters. The van der Waals surface area contributed by atoms with E-state index in [1.807, 2.05) is 24.3 Å². The van der Waals surface area contributed by atoms with Crippen molar-refractivity contribution in [1.29, 1.82) is 5.26 Å². The smallest absolute Gasteiger partial charge is 0.129 e. The first-order valence-corrected chi connectivity index (χ1v) is 6.05. The fourth-order valence-electron chi connectivity index (χ4n) is 1.32. The van der Waals surface area contributed by atoms with Crippen LogP contribution in [0.2, 0.25) is 5.02 Å². The Labute approximate surface area is 108 Å². The molecule has 0 radical (unpaired) electrons. The van der Waals surface area contributed by atoms with Crippen LogP contribution in [0.5, 0.6) is 5.75 Å². The number of nitrogens with zero attached hydrogens (tertiary/aromatic N) is 1. The van der Waals surface area contributed by atoms with Gasteiger partial charge in [-0.25, -0.2) is 0 Å². The number of rotatable bonds is 2. The Morgan fingerprint density at radius 2 is 1.94 bits per heavy atom. The van der Waals surface area contributed by atoms with Crippen LogP contribution in [-0.2, 0) is 0 Å². The molecule has 0 fully saturated rings. The maximum atomic E-state index is 9.64. The third-order valence-corrected chi connectivity index (χ3v) is 3.52. The summed E-state index contributed by atoms with van der Waals surface area (Å²) in [5, 5.41) is 18.8. The van der Waals surface area contributed by atoms with Crippen molar-refractivity contribution in [2.24, 2.45) is 0 Å². The molecule has 2 nitrogen and oxygen atoms in total. The lowest BCUT2D eigenvalue weighted by atomic mass is 10.2. The highest BCUT2D eigenvalue weighted by Crippen LogP contribution is 2.35. The molecule has 0 saturated carbocycles. The van der Waals surface area contributed by atoms with Gasteiger partial charge in [0, 0.05) is 4.90 Å². The zero-order chi connectivity index (χ0) is 12.3. The normalized spacial score (nSPS) is 9.88. The van der Waals surface area contributed by atoms with E-state index in [4.69, 9.17) is 16.9 Å². The maximum Gasteiger partial charge on any atom is 0.129 e. The van der Waals surface area contributed by atoms with Gasteiger partial charge in [-0.15, -0.1) is 0 Å². The molecule has 2 aromatic carbocycles. The van der Waals surface area contributed by atoms with Crippen LogP contribution in [0.3, 0.4) is 0 Å². The number of hydrogen-bond donors (Lipinski definition) is 1. The molecule has 0 spiro atoms. The Balaban J connectivity index is 2.29. The van der Waals surface area contributed by atoms with E-state index in [1.54, 1.807) is 24.3 Å². The van der Waals surface area contributed by atoms with Crippen molar-refractivity contribution in [3.05, 3.63) is 53.1 Å². The fraction of sp³-hybridized carbons (Fsp3) is 0. The number of halogens is 1. The maximum absolute atomic E-state index is 9.64. The molecule has 17 heavy (non-hydrogen) atoms. The van der Waals surface area contributed by atoms with Gasteiger partial charge in [0.1, 0.15) is 11.8 Å². The number of nitriles is 1. The van der Waals surface area contributed by atoms with Gasteiger partial charge < -0.3 is 5.11 Å². The molecule has 2 aromatic rings. The predicted molar refractivity (Wildman–Crippen MR) is 68.4 cm³/mol. The molecule has 2 rings (SSSR count). The van der Waals surface area contributed by atoms with Gasteiger partial charge in [0.15, 0.2) is 0 Å². The fourth-order valence-corrected chi connectivity index (χ4v) is 2.49. The number of para-hydroxylation sites is 1. The predicted octanol–water partition coefficient (Wildman–Crippen LogP) is 4.07. The van der Waals surface area contributed by atoms with E-state index in [9.17, 15) is 5.11 Å². The number of benzene rings is 2. The largest absolute Gasteiger partial charge is 0.507 e. The van der Waals surface area contributed by atoms with Gasteiger partial charge in [0.25, 0.3) is 0 Å². The lowest BCUT2D eigenvalue weighted by Crippen LogP contribution is -1.79. The van der Waals surface area contributed by atoms with Crippen LogP contribution in [0.25, 0.3) is 0 Å². The molecule has 0 aliphatic rings. The molecular weight excluding hydrogens is 254 g/mol. The summed E-state index contributed by atoms with van der Waals surface area (Å²) in [7, 11) is 0. The van der Waals surface area contributed by atoms with E-state index in [2.05, 4.69) is 0 Å². The minimum atomic E-state index is 0.234. The molecule has 0 saturated heterocycles. The Kier molecular flexibility index (Phi) is 3.58. The SMILES string of the molecule is N#Cc1ccc(Sc2ccccc2O)cc1Cl. The van der Waals surface area contributed by atoms with Crippen LogP contribution in [0.15, 0.2) is 52.3 Å². The number of hydrogen-bond acceptors (Lipinski definition) is 3. The summed E-state index contributed by atoms with van der Waals surface area (Å²) in [4.78, 5) is 1.64. The molecule has 84 valence electrons. The summed E-state index contributed by atoms with van der Waals surface area (Å²) < 4.78 is 0. The van der Waals surface area contributed by atoms with Crippen LogP contribution < -0.4 is 0 Å². The minimum absolute atomic E-state index is 0.234. The van der Waals surface area contributed by atoms with E-state index in [0.717, 1.165) is 9.79 Å². The summed E-state index contributed by atoms with van der Waals surface area (Å²) in [5.41, 5.74) is 0.452. The van der Waals surface area contributed by atoms with Crippen LogP contribution in [-0.4, -0.2) is 5.11 Å². The minimum Gasteiger partial charge on any atom is -0.507 e. The molecule has 0 aliphatic carbocycles. The summed E-state index contributed by atoms with van der Waals surface area (Å²) >= 11 is 7.34. The van der Waals surface area contributed by atoms with E-state index < -0.39 is 0 Å². The highest BCUT2D eigenvalue weighted by Gasteiger charge is 2.05. The second-order valence-electron chi connectivity index (χ2n) is 3.32. The third-order valence-electron chi connectivity index (χ3n) is 2.15.